The van der Waals surface area contributed by atoms with Gasteiger partial charge in [0.15, 0.2) is 0 Å². The van der Waals surface area contributed by atoms with E-state index in [1.807, 2.05) is 30.3 Å². The number of para-hydroxylation sites is 1. The second-order valence-corrected chi connectivity index (χ2v) is 9.05. The first-order valence-corrected chi connectivity index (χ1v) is 11.8. The van der Waals surface area contributed by atoms with E-state index in [0.29, 0.717) is 23.0 Å². The Morgan fingerprint density at radius 3 is 1.97 bits per heavy atom. The summed E-state index contributed by atoms with van der Waals surface area (Å²) in [6, 6.07) is 19.8. The lowest BCUT2D eigenvalue weighted by Crippen LogP contribution is -2.19. The maximum Gasteiger partial charge on any atom is 0.227 e. The summed E-state index contributed by atoms with van der Waals surface area (Å²) < 4.78 is 46.8. The highest BCUT2D eigenvalue weighted by Crippen LogP contribution is 2.30. The molecular weight excluding hydrogens is 462 g/mol. The van der Waals surface area contributed by atoms with Crippen molar-refractivity contribution >= 4 is 56.4 Å². The first-order valence-electron chi connectivity index (χ1n) is 9.73. The van der Waals surface area contributed by atoms with Crippen LogP contribution in [0.4, 0.5) is 23.0 Å². The molecule has 4 rings (SSSR count). The van der Waals surface area contributed by atoms with Crippen LogP contribution in [0.25, 0.3) is 22.0 Å². The van der Waals surface area contributed by atoms with Crippen molar-refractivity contribution in [1.82, 2.24) is 9.97 Å². The number of fused-ring (bicyclic) bond motifs is 1. The zero-order valence-electron chi connectivity index (χ0n) is 17.7. The van der Waals surface area contributed by atoms with E-state index in [2.05, 4.69) is 15.3 Å². The molecule has 170 valence electrons. The van der Waals surface area contributed by atoms with Gasteiger partial charge in [0, 0.05) is 70.8 Å². The molecule has 0 fully saturated rings. The van der Waals surface area contributed by atoms with Gasteiger partial charge in [-0.25, -0.2) is 9.97 Å². The first kappa shape index (κ1) is 22.8. The molecule has 1 aromatic heterocycles. The molecule has 0 saturated carbocycles. The van der Waals surface area contributed by atoms with Crippen LogP contribution in [0.3, 0.4) is 0 Å². The van der Waals surface area contributed by atoms with Crippen LogP contribution in [0, 0.1) is 0 Å². The van der Waals surface area contributed by atoms with E-state index < -0.39 is 22.5 Å². The van der Waals surface area contributed by atoms with Crippen molar-refractivity contribution < 1.29 is 17.5 Å². The molecule has 0 aliphatic heterocycles. The van der Waals surface area contributed by atoms with Gasteiger partial charge in [0.2, 0.25) is 5.95 Å². The van der Waals surface area contributed by atoms with Crippen molar-refractivity contribution in [1.29, 1.82) is 0 Å². The van der Waals surface area contributed by atoms with Gasteiger partial charge in [-0.1, -0.05) is 30.3 Å². The summed E-state index contributed by atoms with van der Waals surface area (Å²) in [7, 11) is 2.94. The van der Waals surface area contributed by atoms with E-state index in [1.54, 1.807) is 42.6 Å². The fraction of sp³-hybridized carbons (Fsp3) is 0.0909. The zero-order chi connectivity index (χ0) is 23.5. The summed E-state index contributed by atoms with van der Waals surface area (Å²) in [4.78, 5) is 9.05. The number of aromatic nitrogens is 2. The highest BCUT2D eigenvalue weighted by Gasteiger charge is 2.09. The molecule has 0 amide bonds. The molecule has 1 heterocycles. The highest BCUT2D eigenvalue weighted by molar-refractivity contribution is 7.80. The van der Waals surface area contributed by atoms with Gasteiger partial charge >= 0.3 is 0 Å². The SMILES string of the molecule is CN(c1ccc(Nc2ncc3cccc(-c4ccc(N(C)S(=O)[O-])cc4)c3n2)cc1)S(=O)[O-]. The Kier molecular flexibility index (Phi) is 6.65. The molecule has 0 radical (unpaired) electrons. The molecule has 9 nitrogen and oxygen atoms in total. The monoisotopic (exact) mass is 481 g/mol. The third-order valence-electron chi connectivity index (χ3n) is 5.09. The number of hydrogen-bond acceptors (Lipinski definition) is 7. The van der Waals surface area contributed by atoms with E-state index in [4.69, 9.17) is 0 Å². The second-order valence-electron chi connectivity index (χ2n) is 7.08. The lowest BCUT2D eigenvalue weighted by atomic mass is 10.0. The normalized spacial score (nSPS) is 12.8. The topological polar surface area (TPSA) is 125 Å². The van der Waals surface area contributed by atoms with Crippen LogP contribution in [0.1, 0.15) is 0 Å². The quantitative estimate of drug-likeness (QED) is 0.401. The Morgan fingerprint density at radius 2 is 1.39 bits per heavy atom. The van der Waals surface area contributed by atoms with Crippen molar-refractivity contribution in [3.63, 3.8) is 0 Å². The molecule has 3 aromatic carbocycles. The third kappa shape index (κ3) is 5.01. The predicted octanol–water partition coefficient (Wildman–Crippen LogP) is 3.50. The van der Waals surface area contributed by atoms with Gasteiger partial charge in [-0.2, -0.15) is 0 Å². The van der Waals surface area contributed by atoms with E-state index in [9.17, 15) is 17.5 Å². The maximum atomic E-state index is 11.2. The van der Waals surface area contributed by atoms with Gasteiger partial charge in [0.25, 0.3) is 0 Å². The average molecular weight is 482 g/mol. The number of nitrogens with zero attached hydrogens (tertiary/aromatic N) is 4. The van der Waals surface area contributed by atoms with Crippen molar-refractivity contribution in [2.24, 2.45) is 0 Å². The van der Waals surface area contributed by atoms with E-state index in [1.165, 1.54) is 14.1 Å². The van der Waals surface area contributed by atoms with Crippen molar-refractivity contribution in [3.05, 3.63) is 72.9 Å². The van der Waals surface area contributed by atoms with Gasteiger partial charge in [-0.15, -0.1) is 0 Å². The van der Waals surface area contributed by atoms with Crippen molar-refractivity contribution in [3.8, 4) is 11.1 Å². The molecule has 11 heteroatoms. The van der Waals surface area contributed by atoms with Gasteiger partial charge in [-0.3, -0.25) is 8.42 Å². The molecule has 0 aliphatic carbocycles. The molecule has 1 N–H and O–H groups in total. The lowest BCUT2D eigenvalue weighted by Gasteiger charge is -2.21. The summed E-state index contributed by atoms with van der Waals surface area (Å²) >= 11 is -4.69. The lowest BCUT2D eigenvalue weighted by molar-refractivity contribution is 0.534. The van der Waals surface area contributed by atoms with E-state index in [0.717, 1.165) is 30.6 Å². The number of nitrogens with one attached hydrogen (secondary N) is 1. The Balaban J connectivity index is 1.63. The smallest absolute Gasteiger partial charge is 0.227 e. The predicted molar refractivity (Wildman–Crippen MR) is 129 cm³/mol. The summed E-state index contributed by atoms with van der Waals surface area (Å²) in [5.41, 5.74) is 4.30. The zero-order valence-corrected chi connectivity index (χ0v) is 19.3. The van der Waals surface area contributed by atoms with Crippen LogP contribution in [0.15, 0.2) is 72.9 Å². The van der Waals surface area contributed by atoms with Crippen molar-refractivity contribution in [2.45, 2.75) is 0 Å². The van der Waals surface area contributed by atoms with E-state index in [-0.39, 0.29) is 0 Å². The summed E-state index contributed by atoms with van der Waals surface area (Å²) in [6.45, 7) is 0. The fourth-order valence-corrected chi connectivity index (χ4v) is 3.84. The van der Waals surface area contributed by atoms with E-state index >= 15 is 0 Å². The molecule has 0 spiro atoms. The van der Waals surface area contributed by atoms with Crippen LogP contribution in [-0.4, -0.2) is 41.6 Å². The Bertz CT molecular complexity index is 1330. The molecule has 33 heavy (non-hydrogen) atoms. The number of benzene rings is 3. The largest absolute Gasteiger partial charge is 0.755 e. The van der Waals surface area contributed by atoms with Crippen LogP contribution < -0.4 is 13.9 Å². The Labute approximate surface area is 195 Å². The summed E-state index contributed by atoms with van der Waals surface area (Å²) in [5.74, 6) is 0.390. The molecule has 0 aliphatic rings. The molecule has 0 saturated heterocycles. The summed E-state index contributed by atoms with van der Waals surface area (Å²) in [5, 5.41) is 3.99. The first-order chi connectivity index (χ1) is 15.8. The third-order valence-corrected chi connectivity index (χ3v) is 6.40. The number of rotatable bonds is 7. The minimum Gasteiger partial charge on any atom is -0.755 e. The molecule has 0 bridgehead atoms. The molecular formula is C22H19N5O4S2-2. The molecule has 4 aromatic rings. The van der Waals surface area contributed by atoms with Gasteiger partial charge in [0.1, 0.15) is 0 Å². The van der Waals surface area contributed by atoms with Gasteiger partial charge in [0.05, 0.1) is 5.52 Å². The van der Waals surface area contributed by atoms with Crippen LogP contribution >= 0.6 is 0 Å². The summed E-state index contributed by atoms with van der Waals surface area (Å²) in [6.07, 6.45) is 1.72. The van der Waals surface area contributed by atoms with Gasteiger partial charge in [-0.05, 0) is 42.0 Å². The Hall–Kier alpha value is -3.38. The maximum absolute atomic E-state index is 11.2. The van der Waals surface area contributed by atoms with Gasteiger partial charge < -0.3 is 23.0 Å². The van der Waals surface area contributed by atoms with Crippen LogP contribution in [-0.2, 0) is 22.5 Å². The molecule has 2 unspecified atom stereocenters. The minimum absolute atomic E-state index is 0.390. The number of anilines is 4. The van der Waals surface area contributed by atoms with Crippen LogP contribution in [0.5, 0.6) is 0 Å². The standard InChI is InChI=1S/C22H21N5O4S2/c1-26(32(28)29)18-10-6-15(7-11-18)20-5-3-4-16-14-23-22(25-21(16)20)24-17-8-12-19(13-9-17)27(2)33(30)31/h3-14H,1-2H3,(H,28,29)(H,30,31)(H,23,24,25)/p-2. The molecule has 2 atom stereocenters. The van der Waals surface area contributed by atoms with Crippen LogP contribution in [0.2, 0.25) is 0 Å². The highest BCUT2D eigenvalue weighted by atomic mass is 32.2. The van der Waals surface area contributed by atoms with Crippen molar-refractivity contribution in [2.75, 3.05) is 28.0 Å². The average Bonchev–Trinajstić information content (AvgIpc) is 2.83. The fourth-order valence-electron chi connectivity index (χ4n) is 3.26. The number of hydrogen-bond donors (Lipinski definition) is 1. The minimum atomic E-state index is -2.34. The second kappa shape index (κ2) is 9.63. The Morgan fingerprint density at radius 1 is 0.818 bits per heavy atom.